The molecule has 4 heteroatoms. The summed E-state index contributed by atoms with van der Waals surface area (Å²) < 4.78 is 5.49. The summed E-state index contributed by atoms with van der Waals surface area (Å²) in [5, 5.41) is 4.67. The average Bonchev–Trinajstić information content (AvgIpc) is 2.76. The van der Waals surface area contributed by atoms with Crippen LogP contribution in [-0.2, 0) is 11.3 Å². The Kier molecular flexibility index (Phi) is 4.32. The number of ether oxygens (including phenoxy) is 1. The Morgan fingerprint density at radius 2 is 2.50 bits per heavy atom. The van der Waals surface area contributed by atoms with E-state index in [-0.39, 0.29) is 0 Å². The first kappa shape index (κ1) is 12.0. The fraction of sp³-hybridized carbons (Fsp3) is 0.750. The quantitative estimate of drug-likeness (QED) is 0.878. The van der Waals surface area contributed by atoms with Crippen LogP contribution < -0.4 is 5.32 Å². The van der Waals surface area contributed by atoms with Crippen molar-refractivity contribution in [2.45, 2.75) is 45.2 Å². The predicted octanol–water partition coefficient (Wildman–Crippen LogP) is 2.54. The minimum Gasteiger partial charge on any atom is -0.381 e. The molecular formula is C12H20N2OS. The summed E-state index contributed by atoms with van der Waals surface area (Å²) in [6.07, 6.45) is 4.40. The van der Waals surface area contributed by atoms with Crippen molar-refractivity contribution in [1.29, 1.82) is 0 Å². The molecule has 2 heterocycles. The molecule has 0 aromatic carbocycles. The van der Waals surface area contributed by atoms with E-state index in [0.29, 0.717) is 12.0 Å². The molecule has 0 amide bonds. The van der Waals surface area contributed by atoms with Crippen LogP contribution in [0, 0.1) is 0 Å². The molecule has 0 radical (unpaired) electrons. The van der Waals surface area contributed by atoms with Crippen LogP contribution in [0.2, 0.25) is 0 Å². The molecule has 3 nitrogen and oxygen atoms in total. The first-order valence-corrected chi connectivity index (χ1v) is 6.83. The smallest absolute Gasteiger partial charge is 0.0982 e. The van der Waals surface area contributed by atoms with Gasteiger partial charge in [0, 0.05) is 36.2 Å². The zero-order valence-corrected chi connectivity index (χ0v) is 10.8. The minimum absolute atomic E-state index is 0.531. The summed E-state index contributed by atoms with van der Waals surface area (Å²) in [4.78, 5) is 5.84. The number of hydrogen-bond donors (Lipinski definition) is 1. The predicted molar refractivity (Wildman–Crippen MR) is 66.9 cm³/mol. The number of nitrogens with zero attached hydrogens (tertiary/aromatic N) is 1. The van der Waals surface area contributed by atoms with Gasteiger partial charge in [-0.1, -0.05) is 13.8 Å². The van der Waals surface area contributed by atoms with Gasteiger partial charge in [0.05, 0.1) is 11.6 Å². The first-order valence-electron chi connectivity index (χ1n) is 6.01. The Balaban J connectivity index is 1.90. The lowest BCUT2D eigenvalue weighted by molar-refractivity contribution is 0.0804. The van der Waals surface area contributed by atoms with E-state index in [1.807, 2.05) is 17.5 Å². The molecule has 2 rings (SSSR count). The van der Waals surface area contributed by atoms with Crippen LogP contribution in [0.5, 0.6) is 0 Å². The lowest BCUT2D eigenvalue weighted by atomic mass is 10.0. The Labute approximate surface area is 101 Å². The SMILES string of the molecule is CC(C)NCc1cnc(C2CCCOC2)s1. The van der Waals surface area contributed by atoms with E-state index in [0.717, 1.165) is 19.8 Å². The molecule has 0 bridgehead atoms. The third kappa shape index (κ3) is 3.27. The van der Waals surface area contributed by atoms with Crippen molar-refractivity contribution >= 4 is 11.3 Å². The molecule has 0 aliphatic carbocycles. The van der Waals surface area contributed by atoms with E-state index in [1.54, 1.807) is 0 Å². The minimum atomic E-state index is 0.531. The van der Waals surface area contributed by atoms with Crippen molar-refractivity contribution in [1.82, 2.24) is 10.3 Å². The van der Waals surface area contributed by atoms with Gasteiger partial charge in [-0.3, -0.25) is 0 Å². The van der Waals surface area contributed by atoms with Gasteiger partial charge in [-0.15, -0.1) is 11.3 Å². The zero-order chi connectivity index (χ0) is 11.4. The van der Waals surface area contributed by atoms with Crippen molar-refractivity contribution in [3.05, 3.63) is 16.1 Å². The monoisotopic (exact) mass is 240 g/mol. The molecule has 90 valence electrons. The third-order valence-corrected chi connectivity index (χ3v) is 3.93. The highest BCUT2D eigenvalue weighted by Gasteiger charge is 2.19. The van der Waals surface area contributed by atoms with Crippen LogP contribution >= 0.6 is 11.3 Å². The highest BCUT2D eigenvalue weighted by atomic mass is 32.1. The van der Waals surface area contributed by atoms with E-state index in [2.05, 4.69) is 24.1 Å². The summed E-state index contributed by atoms with van der Waals surface area (Å²) in [5.41, 5.74) is 0. The van der Waals surface area contributed by atoms with Gasteiger partial charge in [-0.2, -0.15) is 0 Å². The fourth-order valence-corrected chi connectivity index (χ4v) is 2.82. The van der Waals surface area contributed by atoms with E-state index in [1.165, 1.54) is 22.7 Å². The molecule has 1 aromatic heterocycles. The molecule has 1 saturated heterocycles. The lowest BCUT2D eigenvalue weighted by Gasteiger charge is -2.19. The van der Waals surface area contributed by atoms with Gasteiger partial charge in [-0.05, 0) is 12.8 Å². The highest BCUT2D eigenvalue weighted by molar-refractivity contribution is 7.11. The normalized spacial score (nSPS) is 21.6. The van der Waals surface area contributed by atoms with Gasteiger partial charge in [0.1, 0.15) is 0 Å². The molecule has 1 atom stereocenters. The summed E-state index contributed by atoms with van der Waals surface area (Å²) in [6, 6.07) is 0.531. The third-order valence-electron chi connectivity index (χ3n) is 2.77. The van der Waals surface area contributed by atoms with Crippen LogP contribution in [0.4, 0.5) is 0 Å². The standard InChI is InChI=1S/C12H20N2OS/c1-9(2)13-6-11-7-14-12(16-11)10-4-3-5-15-8-10/h7,9-10,13H,3-6,8H2,1-2H3. The number of nitrogens with one attached hydrogen (secondary N) is 1. The Morgan fingerprint density at radius 3 is 3.19 bits per heavy atom. The average molecular weight is 240 g/mol. The first-order chi connectivity index (χ1) is 7.75. The zero-order valence-electron chi connectivity index (χ0n) is 10.0. The second kappa shape index (κ2) is 5.75. The maximum Gasteiger partial charge on any atom is 0.0982 e. The molecule has 1 aromatic rings. The van der Waals surface area contributed by atoms with Crippen molar-refractivity contribution in [2.75, 3.05) is 13.2 Å². The fourth-order valence-electron chi connectivity index (χ4n) is 1.83. The molecule has 1 N–H and O–H groups in total. The van der Waals surface area contributed by atoms with Gasteiger partial charge in [-0.25, -0.2) is 4.98 Å². The van der Waals surface area contributed by atoms with Gasteiger partial charge in [0.2, 0.25) is 0 Å². The van der Waals surface area contributed by atoms with Crippen LogP contribution in [-0.4, -0.2) is 24.2 Å². The largest absolute Gasteiger partial charge is 0.381 e. The van der Waals surface area contributed by atoms with E-state index >= 15 is 0 Å². The Morgan fingerprint density at radius 1 is 1.62 bits per heavy atom. The van der Waals surface area contributed by atoms with E-state index in [9.17, 15) is 0 Å². The van der Waals surface area contributed by atoms with Crippen LogP contribution in [0.25, 0.3) is 0 Å². The van der Waals surface area contributed by atoms with Gasteiger partial charge in [0.15, 0.2) is 0 Å². The highest BCUT2D eigenvalue weighted by Crippen LogP contribution is 2.28. The van der Waals surface area contributed by atoms with Gasteiger partial charge in [0.25, 0.3) is 0 Å². The summed E-state index contributed by atoms with van der Waals surface area (Å²) in [5.74, 6) is 0.534. The Bertz CT molecular complexity index is 319. The Hall–Kier alpha value is -0.450. The number of aromatic nitrogens is 1. The maximum atomic E-state index is 5.49. The summed E-state index contributed by atoms with van der Waals surface area (Å²) >= 11 is 1.83. The molecule has 16 heavy (non-hydrogen) atoms. The van der Waals surface area contributed by atoms with E-state index < -0.39 is 0 Å². The summed E-state index contributed by atoms with van der Waals surface area (Å²) in [7, 11) is 0. The number of hydrogen-bond acceptors (Lipinski definition) is 4. The topological polar surface area (TPSA) is 34.2 Å². The molecular weight excluding hydrogens is 220 g/mol. The van der Waals surface area contributed by atoms with E-state index in [4.69, 9.17) is 4.74 Å². The van der Waals surface area contributed by atoms with Crippen molar-refractivity contribution in [3.63, 3.8) is 0 Å². The molecule has 1 unspecified atom stereocenters. The molecule has 0 saturated carbocycles. The van der Waals surface area contributed by atoms with Crippen molar-refractivity contribution in [3.8, 4) is 0 Å². The second-order valence-corrected chi connectivity index (χ2v) is 5.76. The molecule has 1 aliphatic heterocycles. The number of rotatable bonds is 4. The maximum absolute atomic E-state index is 5.49. The van der Waals surface area contributed by atoms with Crippen molar-refractivity contribution in [2.24, 2.45) is 0 Å². The van der Waals surface area contributed by atoms with Gasteiger partial charge < -0.3 is 10.1 Å². The summed E-state index contributed by atoms with van der Waals surface area (Å²) in [6.45, 7) is 7.03. The number of thiazole rings is 1. The molecule has 1 aliphatic rings. The van der Waals surface area contributed by atoms with Crippen molar-refractivity contribution < 1.29 is 4.74 Å². The lowest BCUT2D eigenvalue weighted by Crippen LogP contribution is -2.21. The molecule has 0 spiro atoms. The van der Waals surface area contributed by atoms with Gasteiger partial charge >= 0.3 is 0 Å². The van der Waals surface area contributed by atoms with Crippen LogP contribution in [0.1, 0.15) is 42.5 Å². The van der Waals surface area contributed by atoms with Crippen LogP contribution in [0.3, 0.4) is 0 Å². The van der Waals surface area contributed by atoms with Crippen LogP contribution in [0.15, 0.2) is 6.20 Å². The molecule has 1 fully saturated rings. The second-order valence-electron chi connectivity index (χ2n) is 4.61.